The van der Waals surface area contributed by atoms with Crippen LogP contribution in [-0.2, 0) is 0 Å². The van der Waals surface area contributed by atoms with Gasteiger partial charge < -0.3 is 9.80 Å². The Morgan fingerprint density at radius 1 is 1.06 bits per heavy atom. The molecule has 0 atom stereocenters. The van der Waals surface area contributed by atoms with Crippen LogP contribution in [0.2, 0.25) is 0 Å². The maximum absolute atomic E-state index is 2.63. The molecule has 96 valence electrons. The van der Waals surface area contributed by atoms with Gasteiger partial charge in [0.05, 0.1) is 0 Å². The predicted octanol–water partition coefficient (Wildman–Crippen LogP) is 2.69. The van der Waals surface area contributed by atoms with Crippen LogP contribution >= 0.6 is 0 Å². The van der Waals surface area contributed by atoms with Crippen molar-refractivity contribution in [2.75, 3.05) is 33.2 Å². The van der Waals surface area contributed by atoms with Crippen LogP contribution in [0.1, 0.15) is 40.5 Å². The third kappa shape index (κ3) is 4.84. The molecule has 0 spiro atoms. The van der Waals surface area contributed by atoms with Gasteiger partial charge in [0.2, 0.25) is 0 Å². The molecule has 0 aliphatic carbocycles. The molecule has 1 aliphatic rings. The van der Waals surface area contributed by atoms with Crippen molar-refractivity contribution in [3.05, 3.63) is 0 Å². The fourth-order valence-corrected chi connectivity index (χ4v) is 2.78. The van der Waals surface area contributed by atoms with Crippen LogP contribution in [0.5, 0.6) is 0 Å². The lowest BCUT2D eigenvalue weighted by Crippen LogP contribution is -2.45. The van der Waals surface area contributed by atoms with E-state index >= 15 is 0 Å². The van der Waals surface area contributed by atoms with Gasteiger partial charge in [0.25, 0.3) is 0 Å². The van der Waals surface area contributed by atoms with E-state index in [-0.39, 0.29) is 0 Å². The second kappa shape index (κ2) is 6.61. The summed E-state index contributed by atoms with van der Waals surface area (Å²) in [5.74, 6) is 1.60. The molecule has 1 aliphatic heterocycles. The summed E-state index contributed by atoms with van der Waals surface area (Å²) in [5, 5.41) is 0. The maximum atomic E-state index is 2.63. The summed E-state index contributed by atoms with van der Waals surface area (Å²) in [7, 11) is 2.29. The molecule has 2 heteroatoms. The van der Waals surface area contributed by atoms with Crippen LogP contribution < -0.4 is 0 Å². The second-order valence-corrected chi connectivity index (χ2v) is 6.26. The zero-order chi connectivity index (χ0) is 12.1. The summed E-state index contributed by atoms with van der Waals surface area (Å²) in [6.07, 6.45) is 2.71. The third-order valence-corrected chi connectivity index (χ3v) is 3.46. The van der Waals surface area contributed by atoms with Gasteiger partial charge in [-0.15, -0.1) is 0 Å². The van der Waals surface area contributed by atoms with Crippen molar-refractivity contribution < 1.29 is 0 Å². The van der Waals surface area contributed by atoms with E-state index in [1.54, 1.807) is 0 Å². The van der Waals surface area contributed by atoms with Crippen molar-refractivity contribution >= 4 is 0 Å². The molecule has 0 aromatic rings. The Morgan fingerprint density at radius 3 is 2.06 bits per heavy atom. The second-order valence-electron chi connectivity index (χ2n) is 6.26. The van der Waals surface area contributed by atoms with Crippen LogP contribution in [0, 0.1) is 11.8 Å². The molecular formula is C14H30N2. The van der Waals surface area contributed by atoms with Gasteiger partial charge >= 0.3 is 0 Å². The lowest BCUT2D eigenvalue weighted by Gasteiger charge is -2.38. The molecule has 0 N–H and O–H groups in total. The SMILES string of the molecule is CC(C)CN1CCC(N(C)CC(C)C)CC1. The van der Waals surface area contributed by atoms with E-state index in [2.05, 4.69) is 44.5 Å². The van der Waals surface area contributed by atoms with Crippen LogP contribution in [0.15, 0.2) is 0 Å². The first-order valence-corrected chi connectivity index (χ1v) is 6.91. The Hall–Kier alpha value is -0.0800. The van der Waals surface area contributed by atoms with Gasteiger partial charge in [0.1, 0.15) is 0 Å². The normalized spacial score (nSPS) is 20.2. The maximum Gasteiger partial charge on any atom is 0.0117 e. The average Bonchev–Trinajstić information content (AvgIpc) is 2.16. The van der Waals surface area contributed by atoms with Gasteiger partial charge in [-0.25, -0.2) is 0 Å². The lowest BCUT2D eigenvalue weighted by atomic mass is 10.0. The quantitative estimate of drug-likeness (QED) is 0.711. The molecule has 1 heterocycles. The van der Waals surface area contributed by atoms with Crippen molar-refractivity contribution in [2.24, 2.45) is 11.8 Å². The zero-order valence-electron chi connectivity index (χ0n) is 11.9. The van der Waals surface area contributed by atoms with Crippen LogP contribution in [0.25, 0.3) is 0 Å². The van der Waals surface area contributed by atoms with Gasteiger partial charge in [0, 0.05) is 19.1 Å². The van der Waals surface area contributed by atoms with E-state index in [9.17, 15) is 0 Å². The first kappa shape index (κ1) is 14.0. The first-order valence-electron chi connectivity index (χ1n) is 6.91. The molecule has 0 radical (unpaired) electrons. The predicted molar refractivity (Wildman–Crippen MR) is 71.8 cm³/mol. The van der Waals surface area contributed by atoms with Crippen molar-refractivity contribution in [1.29, 1.82) is 0 Å². The molecule has 1 saturated heterocycles. The monoisotopic (exact) mass is 226 g/mol. The van der Waals surface area contributed by atoms with Gasteiger partial charge in [0.15, 0.2) is 0 Å². The number of likely N-dealkylation sites (tertiary alicyclic amines) is 1. The summed E-state index contributed by atoms with van der Waals surface area (Å²) in [4.78, 5) is 5.20. The van der Waals surface area contributed by atoms with Crippen LogP contribution in [-0.4, -0.2) is 49.1 Å². The third-order valence-electron chi connectivity index (χ3n) is 3.46. The highest BCUT2D eigenvalue weighted by atomic mass is 15.2. The number of rotatable bonds is 5. The van der Waals surface area contributed by atoms with E-state index in [4.69, 9.17) is 0 Å². The van der Waals surface area contributed by atoms with Crippen molar-refractivity contribution in [2.45, 2.75) is 46.6 Å². The molecule has 0 saturated carbocycles. The Balaban J connectivity index is 2.25. The Labute approximate surface area is 102 Å². The minimum Gasteiger partial charge on any atom is -0.303 e. The number of nitrogens with zero attached hydrogens (tertiary/aromatic N) is 2. The Kier molecular flexibility index (Phi) is 5.77. The molecule has 1 fully saturated rings. The summed E-state index contributed by atoms with van der Waals surface area (Å²) >= 11 is 0. The van der Waals surface area contributed by atoms with Gasteiger partial charge in [-0.2, -0.15) is 0 Å². The van der Waals surface area contributed by atoms with Gasteiger partial charge in [-0.3, -0.25) is 0 Å². The Morgan fingerprint density at radius 2 is 1.62 bits per heavy atom. The first-order chi connectivity index (χ1) is 7.49. The van der Waals surface area contributed by atoms with Crippen molar-refractivity contribution in [3.63, 3.8) is 0 Å². The molecule has 1 rings (SSSR count). The molecule has 0 bridgehead atoms. The van der Waals surface area contributed by atoms with Gasteiger partial charge in [-0.1, -0.05) is 27.7 Å². The lowest BCUT2D eigenvalue weighted by molar-refractivity contribution is 0.112. The molecule has 0 amide bonds. The van der Waals surface area contributed by atoms with E-state index in [1.807, 2.05) is 0 Å². The molecule has 2 nitrogen and oxygen atoms in total. The van der Waals surface area contributed by atoms with E-state index < -0.39 is 0 Å². The van der Waals surface area contributed by atoms with Crippen LogP contribution in [0.4, 0.5) is 0 Å². The molecule has 0 unspecified atom stereocenters. The summed E-state index contributed by atoms with van der Waals surface area (Å²) in [5.41, 5.74) is 0. The highest BCUT2D eigenvalue weighted by Crippen LogP contribution is 2.17. The number of piperidine rings is 1. The summed E-state index contributed by atoms with van der Waals surface area (Å²) in [6, 6.07) is 0.825. The summed E-state index contributed by atoms with van der Waals surface area (Å²) in [6.45, 7) is 14.4. The number of hydrogen-bond donors (Lipinski definition) is 0. The zero-order valence-corrected chi connectivity index (χ0v) is 11.9. The standard InChI is InChI=1S/C14H30N2/c1-12(2)10-15(5)14-6-8-16(9-7-14)11-13(3)4/h12-14H,6-11H2,1-5H3. The molecular weight excluding hydrogens is 196 g/mol. The highest BCUT2D eigenvalue weighted by Gasteiger charge is 2.22. The molecule has 0 aromatic heterocycles. The highest BCUT2D eigenvalue weighted by molar-refractivity contribution is 4.79. The van der Waals surface area contributed by atoms with E-state index in [0.29, 0.717) is 0 Å². The minimum atomic E-state index is 0.790. The van der Waals surface area contributed by atoms with E-state index in [1.165, 1.54) is 39.0 Å². The number of hydrogen-bond acceptors (Lipinski definition) is 2. The molecule has 0 aromatic carbocycles. The fraction of sp³-hybridized carbons (Fsp3) is 1.00. The Bertz CT molecular complexity index is 181. The van der Waals surface area contributed by atoms with Crippen molar-refractivity contribution in [1.82, 2.24) is 9.80 Å². The topological polar surface area (TPSA) is 6.48 Å². The molecule has 16 heavy (non-hydrogen) atoms. The van der Waals surface area contributed by atoms with Gasteiger partial charge in [-0.05, 0) is 44.8 Å². The summed E-state index contributed by atoms with van der Waals surface area (Å²) < 4.78 is 0. The van der Waals surface area contributed by atoms with Crippen LogP contribution in [0.3, 0.4) is 0 Å². The smallest absolute Gasteiger partial charge is 0.0117 e. The van der Waals surface area contributed by atoms with E-state index in [0.717, 1.165) is 17.9 Å². The average molecular weight is 226 g/mol. The largest absolute Gasteiger partial charge is 0.303 e. The fourth-order valence-electron chi connectivity index (χ4n) is 2.78. The van der Waals surface area contributed by atoms with Crippen molar-refractivity contribution in [3.8, 4) is 0 Å². The minimum absolute atomic E-state index is 0.790.